The van der Waals surface area contributed by atoms with Crippen LogP contribution in [0.25, 0.3) is 0 Å². The molecule has 4 nitrogen and oxygen atoms in total. The first-order chi connectivity index (χ1) is 14.0. The molecular formula is C23H21BrINO3. The molecule has 0 unspecified atom stereocenters. The number of nitrogens with one attached hydrogen (secondary N) is 1. The van der Waals surface area contributed by atoms with Crippen molar-refractivity contribution in [2.75, 3.05) is 11.9 Å². The van der Waals surface area contributed by atoms with Gasteiger partial charge in [0.05, 0.1) is 10.2 Å². The minimum atomic E-state index is -0.191. The maximum absolute atomic E-state index is 12.8. The summed E-state index contributed by atoms with van der Waals surface area (Å²) in [7, 11) is 0. The number of carbonyl (C=O) groups is 1. The van der Waals surface area contributed by atoms with Crippen molar-refractivity contribution in [2.45, 2.75) is 20.5 Å². The van der Waals surface area contributed by atoms with Gasteiger partial charge in [-0.2, -0.15) is 0 Å². The third-order valence-corrected chi connectivity index (χ3v) is 5.53. The van der Waals surface area contributed by atoms with E-state index in [1.807, 2.05) is 68.4 Å². The zero-order valence-electron chi connectivity index (χ0n) is 16.2. The topological polar surface area (TPSA) is 47.6 Å². The van der Waals surface area contributed by atoms with Gasteiger partial charge in [-0.15, -0.1) is 0 Å². The summed E-state index contributed by atoms with van der Waals surface area (Å²) in [4.78, 5) is 12.8. The summed E-state index contributed by atoms with van der Waals surface area (Å²) in [5, 5.41) is 2.97. The van der Waals surface area contributed by atoms with E-state index in [1.165, 1.54) is 0 Å². The van der Waals surface area contributed by atoms with Crippen LogP contribution in [0, 0.1) is 10.5 Å². The number of amides is 1. The molecule has 0 radical (unpaired) electrons. The van der Waals surface area contributed by atoms with Gasteiger partial charge < -0.3 is 14.8 Å². The predicted molar refractivity (Wildman–Crippen MR) is 128 cm³/mol. The molecule has 3 rings (SSSR count). The van der Waals surface area contributed by atoms with Crippen LogP contribution in [-0.2, 0) is 6.61 Å². The summed E-state index contributed by atoms with van der Waals surface area (Å²) in [6.45, 7) is 4.78. The van der Waals surface area contributed by atoms with Crippen LogP contribution in [0.15, 0.2) is 65.1 Å². The first kappa shape index (κ1) is 21.6. The summed E-state index contributed by atoms with van der Waals surface area (Å²) in [5.41, 5.74) is 3.34. The Hall–Kier alpha value is -2.06. The lowest BCUT2D eigenvalue weighted by Crippen LogP contribution is -2.14. The molecule has 0 aromatic heterocycles. The Kier molecular flexibility index (Phi) is 7.55. The van der Waals surface area contributed by atoms with Crippen LogP contribution in [0.4, 0.5) is 5.69 Å². The molecule has 0 saturated heterocycles. The summed E-state index contributed by atoms with van der Waals surface area (Å²) in [6.07, 6.45) is 0. The maximum Gasteiger partial charge on any atom is 0.255 e. The second-order valence-corrected chi connectivity index (χ2v) is 8.48. The minimum absolute atomic E-state index is 0.191. The lowest BCUT2D eigenvalue weighted by atomic mass is 10.1. The molecule has 1 N–H and O–H groups in total. The molecule has 3 aromatic carbocycles. The molecule has 6 heteroatoms. The molecule has 0 spiro atoms. The number of carbonyl (C=O) groups excluding carboxylic acids is 1. The molecule has 3 aromatic rings. The zero-order valence-corrected chi connectivity index (χ0v) is 19.9. The SMILES string of the molecule is CCOc1cc(C(=O)Nc2ccc(Br)cc2C)cc(I)c1OCc1ccccc1. The molecule has 0 aliphatic carbocycles. The minimum Gasteiger partial charge on any atom is -0.490 e. The van der Waals surface area contributed by atoms with E-state index < -0.39 is 0 Å². The normalized spacial score (nSPS) is 10.5. The van der Waals surface area contributed by atoms with E-state index in [0.717, 1.165) is 24.9 Å². The van der Waals surface area contributed by atoms with Crippen LogP contribution in [0.3, 0.4) is 0 Å². The maximum atomic E-state index is 12.8. The van der Waals surface area contributed by atoms with Crippen molar-refractivity contribution < 1.29 is 14.3 Å². The Morgan fingerprint density at radius 1 is 1.07 bits per heavy atom. The first-order valence-electron chi connectivity index (χ1n) is 9.18. The molecule has 0 aliphatic rings. The van der Waals surface area contributed by atoms with Crippen molar-refractivity contribution in [3.8, 4) is 11.5 Å². The lowest BCUT2D eigenvalue weighted by Gasteiger charge is -2.16. The van der Waals surface area contributed by atoms with E-state index in [4.69, 9.17) is 9.47 Å². The number of hydrogen-bond donors (Lipinski definition) is 1. The van der Waals surface area contributed by atoms with Gasteiger partial charge in [0.1, 0.15) is 6.61 Å². The Bertz CT molecular complexity index is 1010. The van der Waals surface area contributed by atoms with Crippen LogP contribution in [-0.4, -0.2) is 12.5 Å². The third kappa shape index (κ3) is 5.73. The van der Waals surface area contributed by atoms with Gasteiger partial charge in [0, 0.05) is 15.7 Å². The number of ether oxygens (including phenoxy) is 2. The monoisotopic (exact) mass is 565 g/mol. The fourth-order valence-electron chi connectivity index (χ4n) is 2.79. The van der Waals surface area contributed by atoms with Gasteiger partial charge in [-0.25, -0.2) is 0 Å². The number of hydrogen-bond acceptors (Lipinski definition) is 3. The number of anilines is 1. The molecule has 0 heterocycles. The van der Waals surface area contributed by atoms with Gasteiger partial charge in [-0.1, -0.05) is 46.3 Å². The standard InChI is InChI=1S/C23H21BrINO3/c1-3-28-21-13-17(23(27)26-20-10-9-18(24)11-15(20)2)12-19(25)22(21)29-14-16-7-5-4-6-8-16/h4-13H,3,14H2,1-2H3,(H,26,27). The Labute approximate surface area is 192 Å². The smallest absolute Gasteiger partial charge is 0.255 e. The van der Waals surface area contributed by atoms with Crippen LogP contribution in [0.5, 0.6) is 11.5 Å². The number of aryl methyl sites for hydroxylation is 1. The summed E-state index contributed by atoms with van der Waals surface area (Å²) in [6, 6.07) is 19.2. The van der Waals surface area contributed by atoms with E-state index in [1.54, 1.807) is 6.07 Å². The van der Waals surface area contributed by atoms with E-state index in [2.05, 4.69) is 43.8 Å². The van der Waals surface area contributed by atoms with E-state index in [0.29, 0.717) is 30.3 Å². The molecule has 0 atom stereocenters. The van der Waals surface area contributed by atoms with E-state index >= 15 is 0 Å². The Morgan fingerprint density at radius 2 is 1.83 bits per heavy atom. The van der Waals surface area contributed by atoms with E-state index in [9.17, 15) is 4.79 Å². The zero-order chi connectivity index (χ0) is 20.8. The lowest BCUT2D eigenvalue weighted by molar-refractivity contribution is 0.102. The fraction of sp³-hybridized carbons (Fsp3) is 0.174. The van der Waals surface area contributed by atoms with Crippen molar-refractivity contribution in [2.24, 2.45) is 0 Å². The van der Waals surface area contributed by atoms with Crippen LogP contribution < -0.4 is 14.8 Å². The Balaban J connectivity index is 1.83. The highest BCUT2D eigenvalue weighted by atomic mass is 127. The molecule has 29 heavy (non-hydrogen) atoms. The van der Waals surface area contributed by atoms with Crippen LogP contribution >= 0.6 is 38.5 Å². The van der Waals surface area contributed by atoms with Gasteiger partial charge >= 0.3 is 0 Å². The predicted octanol–water partition coefficient (Wildman–Crippen LogP) is 6.59. The quantitative estimate of drug-likeness (QED) is 0.329. The largest absolute Gasteiger partial charge is 0.490 e. The second kappa shape index (κ2) is 10.1. The van der Waals surface area contributed by atoms with Crippen molar-refractivity contribution in [3.63, 3.8) is 0 Å². The highest BCUT2D eigenvalue weighted by Crippen LogP contribution is 2.35. The average molecular weight is 566 g/mol. The van der Waals surface area contributed by atoms with Crippen LogP contribution in [0.2, 0.25) is 0 Å². The number of halogens is 2. The molecule has 0 aliphatic heterocycles. The molecule has 1 amide bonds. The third-order valence-electron chi connectivity index (χ3n) is 4.23. The average Bonchev–Trinajstić information content (AvgIpc) is 2.70. The summed E-state index contributed by atoms with van der Waals surface area (Å²) >= 11 is 5.62. The van der Waals surface area contributed by atoms with Gasteiger partial charge in [0.15, 0.2) is 11.5 Å². The van der Waals surface area contributed by atoms with Gasteiger partial charge in [0.2, 0.25) is 0 Å². The summed E-state index contributed by atoms with van der Waals surface area (Å²) < 4.78 is 13.6. The highest BCUT2D eigenvalue weighted by molar-refractivity contribution is 14.1. The van der Waals surface area contributed by atoms with Gasteiger partial charge in [-0.05, 0) is 77.9 Å². The van der Waals surface area contributed by atoms with Crippen molar-refractivity contribution in [1.82, 2.24) is 0 Å². The molecule has 0 fully saturated rings. The van der Waals surface area contributed by atoms with E-state index in [-0.39, 0.29) is 5.91 Å². The van der Waals surface area contributed by atoms with Crippen LogP contribution in [0.1, 0.15) is 28.4 Å². The fourth-order valence-corrected chi connectivity index (χ4v) is 4.03. The molecule has 0 bridgehead atoms. The van der Waals surface area contributed by atoms with Gasteiger partial charge in [-0.3, -0.25) is 4.79 Å². The first-order valence-corrected chi connectivity index (χ1v) is 11.1. The van der Waals surface area contributed by atoms with Crippen molar-refractivity contribution in [3.05, 3.63) is 85.4 Å². The number of rotatable bonds is 7. The van der Waals surface area contributed by atoms with Crippen molar-refractivity contribution >= 4 is 50.1 Å². The molecular weight excluding hydrogens is 545 g/mol. The summed E-state index contributed by atoms with van der Waals surface area (Å²) in [5.74, 6) is 1.02. The second-order valence-electron chi connectivity index (χ2n) is 6.41. The Morgan fingerprint density at radius 3 is 2.52 bits per heavy atom. The molecule has 150 valence electrons. The highest BCUT2D eigenvalue weighted by Gasteiger charge is 2.17. The number of benzene rings is 3. The molecule has 0 saturated carbocycles. The van der Waals surface area contributed by atoms with Gasteiger partial charge in [0.25, 0.3) is 5.91 Å². The van der Waals surface area contributed by atoms with Crippen molar-refractivity contribution in [1.29, 1.82) is 0 Å².